The Morgan fingerprint density at radius 1 is 1.59 bits per heavy atom. The van der Waals surface area contributed by atoms with Gasteiger partial charge in [-0.2, -0.15) is 0 Å². The maximum Gasteiger partial charge on any atom is 0.272 e. The van der Waals surface area contributed by atoms with Crippen LogP contribution in [0.25, 0.3) is 0 Å². The largest absolute Gasteiger partial charge is 0.391 e. The van der Waals surface area contributed by atoms with E-state index in [-0.39, 0.29) is 11.8 Å². The molecule has 1 aromatic heterocycles. The molecule has 0 spiro atoms. The molecule has 0 bridgehead atoms. The number of aliphatic hydroxyl groups excluding tert-OH is 1. The molecule has 5 heteroatoms. The number of rotatable bonds is 1. The Kier molecular flexibility index (Phi) is 3.64. The minimum Gasteiger partial charge on any atom is -0.391 e. The number of aliphatic hydroxyl groups is 1. The van der Waals surface area contributed by atoms with Crippen LogP contribution in [0.4, 0.5) is 0 Å². The van der Waals surface area contributed by atoms with Crippen LogP contribution in [0, 0.1) is 5.92 Å². The first-order valence-electron chi connectivity index (χ1n) is 5.67. The van der Waals surface area contributed by atoms with E-state index in [1.165, 1.54) is 6.20 Å². The van der Waals surface area contributed by atoms with Gasteiger partial charge < -0.3 is 10.0 Å². The summed E-state index contributed by atoms with van der Waals surface area (Å²) < 4.78 is 0. The van der Waals surface area contributed by atoms with Crippen molar-refractivity contribution in [3.05, 3.63) is 29.0 Å². The molecule has 1 amide bonds. The summed E-state index contributed by atoms with van der Waals surface area (Å²) in [5.74, 6) is 0.102. The Hall–Kier alpha value is -1.13. The van der Waals surface area contributed by atoms with Gasteiger partial charge in [-0.25, -0.2) is 4.98 Å². The van der Waals surface area contributed by atoms with Crippen molar-refractivity contribution in [2.24, 2.45) is 5.92 Å². The molecule has 1 aliphatic heterocycles. The average molecular weight is 255 g/mol. The average Bonchev–Trinajstić information content (AvgIpc) is 2.33. The minimum absolute atomic E-state index is 0.146. The fraction of sp³-hybridized carbons (Fsp3) is 0.500. The van der Waals surface area contributed by atoms with E-state index in [1.807, 2.05) is 6.92 Å². The molecule has 0 aliphatic carbocycles. The number of halogens is 1. The normalized spacial score (nSPS) is 24.8. The number of piperidine rings is 1. The van der Waals surface area contributed by atoms with E-state index >= 15 is 0 Å². The number of carbonyl (C=O) groups excluding carboxylic acids is 1. The Labute approximate surface area is 105 Å². The van der Waals surface area contributed by atoms with Crippen molar-refractivity contribution in [3.63, 3.8) is 0 Å². The number of β-amino-alcohol motifs (C(OH)–C–C–N with tert-alkyl or cyclic N) is 1. The Morgan fingerprint density at radius 3 is 2.94 bits per heavy atom. The summed E-state index contributed by atoms with van der Waals surface area (Å²) in [5, 5.41) is 10.3. The number of pyridine rings is 1. The van der Waals surface area contributed by atoms with Crippen molar-refractivity contribution in [1.29, 1.82) is 0 Å². The first kappa shape index (κ1) is 12.3. The summed E-state index contributed by atoms with van der Waals surface area (Å²) in [6, 6.07) is 3.25. The van der Waals surface area contributed by atoms with Gasteiger partial charge in [0, 0.05) is 19.3 Å². The number of aromatic nitrogens is 1. The Morgan fingerprint density at radius 2 is 2.35 bits per heavy atom. The Balaban J connectivity index is 2.08. The second-order valence-corrected chi connectivity index (χ2v) is 4.88. The highest BCUT2D eigenvalue weighted by Gasteiger charge is 2.28. The molecule has 0 aromatic carbocycles. The number of hydrogen-bond acceptors (Lipinski definition) is 3. The summed E-state index contributed by atoms with van der Waals surface area (Å²) in [6.45, 7) is 3.04. The van der Waals surface area contributed by atoms with E-state index in [0.29, 0.717) is 23.8 Å². The maximum absolute atomic E-state index is 12.1. The zero-order valence-corrected chi connectivity index (χ0v) is 10.4. The molecule has 17 heavy (non-hydrogen) atoms. The molecule has 1 fully saturated rings. The van der Waals surface area contributed by atoms with Gasteiger partial charge in [0.15, 0.2) is 0 Å². The highest BCUT2D eigenvalue weighted by atomic mass is 35.5. The van der Waals surface area contributed by atoms with Crippen molar-refractivity contribution in [2.75, 3.05) is 13.1 Å². The quantitative estimate of drug-likeness (QED) is 0.828. The highest BCUT2D eigenvalue weighted by molar-refractivity contribution is 6.30. The van der Waals surface area contributed by atoms with Crippen LogP contribution in [0.5, 0.6) is 0 Å². The molecule has 2 heterocycles. The van der Waals surface area contributed by atoms with Crippen LogP contribution in [0.15, 0.2) is 18.3 Å². The second-order valence-electron chi connectivity index (χ2n) is 4.45. The molecule has 0 saturated carbocycles. The monoisotopic (exact) mass is 254 g/mol. The molecule has 1 saturated heterocycles. The van der Waals surface area contributed by atoms with Crippen LogP contribution in [-0.4, -0.2) is 40.1 Å². The van der Waals surface area contributed by atoms with Gasteiger partial charge in [-0.15, -0.1) is 0 Å². The summed E-state index contributed by atoms with van der Waals surface area (Å²) >= 11 is 5.72. The van der Waals surface area contributed by atoms with Crippen molar-refractivity contribution in [3.8, 4) is 0 Å². The molecule has 4 nitrogen and oxygen atoms in total. The molecule has 2 unspecified atom stereocenters. The molecule has 2 rings (SSSR count). The third kappa shape index (κ3) is 2.76. The van der Waals surface area contributed by atoms with E-state index in [1.54, 1.807) is 17.0 Å². The predicted molar refractivity (Wildman–Crippen MR) is 64.9 cm³/mol. The molecule has 2 atom stereocenters. The van der Waals surface area contributed by atoms with Gasteiger partial charge in [0.2, 0.25) is 0 Å². The number of hydrogen-bond donors (Lipinski definition) is 1. The lowest BCUT2D eigenvalue weighted by Crippen LogP contribution is -2.46. The lowest BCUT2D eigenvalue weighted by atomic mass is 9.96. The van der Waals surface area contributed by atoms with Gasteiger partial charge in [-0.1, -0.05) is 18.5 Å². The minimum atomic E-state index is -0.444. The van der Waals surface area contributed by atoms with Crippen LogP contribution < -0.4 is 0 Å². The van der Waals surface area contributed by atoms with Crippen LogP contribution in [0.3, 0.4) is 0 Å². The van der Waals surface area contributed by atoms with E-state index < -0.39 is 6.10 Å². The van der Waals surface area contributed by atoms with Crippen LogP contribution in [-0.2, 0) is 0 Å². The van der Waals surface area contributed by atoms with Crippen molar-refractivity contribution in [2.45, 2.75) is 19.4 Å². The van der Waals surface area contributed by atoms with Crippen LogP contribution in [0.2, 0.25) is 5.02 Å². The van der Waals surface area contributed by atoms with Gasteiger partial charge in [-0.3, -0.25) is 4.79 Å². The van der Waals surface area contributed by atoms with Gasteiger partial charge in [0.1, 0.15) is 5.69 Å². The number of nitrogens with zero attached hydrogens (tertiary/aromatic N) is 2. The van der Waals surface area contributed by atoms with Gasteiger partial charge >= 0.3 is 0 Å². The number of likely N-dealkylation sites (tertiary alicyclic amines) is 1. The fourth-order valence-corrected chi connectivity index (χ4v) is 2.01. The second kappa shape index (κ2) is 5.02. The third-order valence-corrected chi connectivity index (χ3v) is 3.38. The van der Waals surface area contributed by atoms with Crippen LogP contribution >= 0.6 is 11.6 Å². The fourth-order valence-electron chi connectivity index (χ4n) is 1.90. The Bertz CT molecular complexity index is 407. The molecule has 92 valence electrons. The molecule has 1 aliphatic rings. The van der Waals surface area contributed by atoms with E-state index in [4.69, 9.17) is 11.6 Å². The lowest BCUT2D eigenvalue weighted by Gasteiger charge is -2.34. The zero-order chi connectivity index (χ0) is 12.4. The van der Waals surface area contributed by atoms with E-state index in [0.717, 1.165) is 6.42 Å². The van der Waals surface area contributed by atoms with Gasteiger partial charge in [0.25, 0.3) is 5.91 Å². The van der Waals surface area contributed by atoms with Gasteiger partial charge in [-0.05, 0) is 24.5 Å². The van der Waals surface area contributed by atoms with Crippen molar-refractivity contribution in [1.82, 2.24) is 9.88 Å². The molecular formula is C12H15ClN2O2. The molecule has 1 N–H and O–H groups in total. The van der Waals surface area contributed by atoms with E-state index in [9.17, 15) is 9.90 Å². The first-order valence-corrected chi connectivity index (χ1v) is 6.04. The van der Waals surface area contributed by atoms with Crippen molar-refractivity contribution < 1.29 is 9.90 Å². The third-order valence-electron chi connectivity index (χ3n) is 3.15. The highest BCUT2D eigenvalue weighted by Crippen LogP contribution is 2.18. The zero-order valence-electron chi connectivity index (χ0n) is 9.64. The number of carbonyl (C=O) groups is 1. The number of amides is 1. The van der Waals surface area contributed by atoms with Crippen LogP contribution in [0.1, 0.15) is 23.8 Å². The maximum atomic E-state index is 12.1. The lowest BCUT2D eigenvalue weighted by molar-refractivity contribution is 0.0245. The molecule has 0 radical (unpaired) electrons. The molecular weight excluding hydrogens is 240 g/mol. The standard InChI is InChI=1S/C12H15ClN2O2/c1-8-4-5-15(7-11(8)16)12(17)10-3-2-9(13)6-14-10/h2-3,6,8,11,16H,4-5,7H2,1H3. The summed E-state index contributed by atoms with van der Waals surface area (Å²) in [4.78, 5) is 17.7. The van der Waals surface area contributed by atoms with E-state index in [2.05, 4.69) is 4.98 Å². The SMILES string of the molecule is CC1CCN(C(=O)c2ccc(Cl)cn2)CC1O. The summed E-state index contributed by atoms with van der Waals surface area (Å²) in [5.41, 5.74) is 0.371. The smallest absolute Gasteiger partial charge is 0.272 e. The summed E-state index contributed by atoms with van der Waals surface area (Å²) in [6.07, 6.45) is 1.83. The predicted octanol–water partition coefficient (Wildman–Crippen LogP) is 1.58. The van der Waals surface area contributed by atoms with Crippen molar-refractivity contribution >= 4 is 17.5 Å². The van der Waals surface area contributed by atoms with Gasteiger partial charge in [0.05, 0.1) is 11.1 Å². The molecule has 1 aromatic rings. The first-order chi connectivity index (χ1) is 8.08. The summed E-state index contributed by atoms with van der Waals surface area (Å²) in [7, 11) is 0. The topological polar surface area (TPSA) is 53.4 Å².